The first kappa shape index (κ1) is 16.4. The van der Waals surface area contributed by atoms with Crippen LogP contribution in [0.4, 0.5) is 0 Å². The van der Waals surface area contributed by atoms with Gasteiger partial charge in [-0.2, -0.15) is 5.10 Å². The van der Waals surface area contributed by atoms with Crippen LogP contribution in [0.3, 0.4) is 0 Å². The largest absolute Gasteiger partial charge is 0.340 e. The molecule has 0 unspecified atom stereocenters. The van der Waals surface area contributed by atoms with Crippen molar-refractivity contribution in [1.29, 1.82) is 0 Å². The van der Waals surface area contributed by atoms with Crippen molar-refractivity contribution in [2.24, 2.45) is 5.92 Å². The zero-order valence-electron chi connectivity index (χ0n) is 15.4. The van der Waals surface area contributed by atoms with E-state index in [4.69, 9.17) is 0 Å². The number of aromatic nitrogens is 2. The van der Waals surface area contributed by atoms with Gasteiger partial charge in [0.1, 0.15) is 0 Å². The van der Waals surface area contributed by atoms with Crippen LogP contribution in [-0.2, 0) is 4.79 Å². The molecule has 1 aromatic carbocycles. The van der Waals surface area contributed by atoms with Crippen LogP contribution in [0.25, 0.3) is 0 Å². The molecule has 1 aromatic heterocycles. The van der Waals surface area contributed by atoms with Crippen LogP contribution >= 0.6 is 0 Å². The third-order valence-electron chi connectivity index (χ3n) is 5.68. The molecule has 1 saturated heterocycles. The number of likely N-dealkylation sites (tertiary alicyclic amines) is 1. The van der Waals surface area contributed by atoms with E-state index in [1.807, 2.05) is 6.92 Å². The molecule has 1 amide bonds. The van der Waals surface area contributed by atoms with Crippen LogP contribution < -0.4 is 0 Å². The molecule has 4 rings (SSSR count). The average molecular weight is 337 g/mol. The van der Waals surface area contributed by atoms with E-state index >= 15 is 0 Å². The van der Waals surface area contributed by atoms with Gasteiger partial charge < -0.3 is 4.90 Å². The summed E-state index contributed by atoms with van der Waals surface area (Å²) >= 11 is 0. The van der Waals surface area contributed by atoms with Crippen LogP contribution in [-0.4, -0.2) is 33.7 Å². The van der Waals surface area contributed by atoms with E-state index in [9.17, 15) is 4.79 Å². The van der Waals surface area contributed by atoms with Gasteiger partial charge in [-0.1, -0.05) is 29.8 Å². The van der Waals surface area contributed by atoms with Crippen molar-refractivity contribution in [3.8, 4) is 0 Å². The molecule has 2 aliphatic rings. The van der Waals surface area contributed by atoms with Crippen molar-refractivity contribution in [3.63, 3.8) is 0 Å². The lowest BCUT2D eigenvalue weighted by Crippen LogP contribution is -2.42. The number of carbonyl (C=O) groups excluding carboxylic acids is 1. The van der Waals surface area contributed by atoms with Gasteiger partial charge in [0.25, 0.3) is 0 Å². The van der Waals surface area contributed by atoms with E-state index in [0.29, 0.717) is 17.9 Å². The highest BCUT2D eigenvalue weighted by Gasteiger charge is 2.46. The van der Waals surface area contributed by atoms with E-state index in [-0.39, 0.29) is 5.92 Å². The smallest absolute Gasteiger partial charge is 0.226 e. The molecule has 2 heterocycles. The molecule has 1 aliphatic heterocycles. The Labute approximate surface area is 149 Å². The number of hydrogen-bond donors (Lipinski definition) is 0. The van der Waals surface area contributed by atoms with Gasteiger partial charge in [0.15, 0.2) is 0 Å². The van der Waals surface area contributed by atoms with Gasteiger partial charge in [0, 0.05) is 24.7 Å². The van der Waals surface area contributed by atoms with Crippen molar-refractivity contribution in [3.05, 3.63) is 52.8 Å². The highest BCUT2D eigenvalue weighted by molar-refractivity contribution is 5.83. The molecule has 4 heteroatoms. The van der Waals surface area contributed by atoms with Crippen LogP contribution in [0.1, 0.15) is 53.7 Å². The second-order valence-corrected chi connectivity index (χ2v) is 7.81. The molecular formula is C21H27N3O. The maximum Gasteiger partial charge on any atom is 0.226 e. The predicted octanol–water partition coefficient (Wildman–Crippen LogP) is 3.78. The number of aryl methyl sites for hydroxylation is 3. The summed E-state index contributed by atoms with van der Waals surface area (Å²) in [4.78, 5) is 15.1. The zero-order chi connectivity index (χ0) is 17.6. The molecule has 25 heavy (non-hydrogen) atoms. The van der Waals surface area contributed by atoms with E-state index in [0.717, 1.165) is 38.0 Å². The minimum atomic E-state index is 0.181. The fourth-order valence-corrected chi connectivity index (χ4v) is 4.34. The van der Waals surface area contributed by atoms with Gasteiger partial charge in [-0.25, -0.2) is 0 Å². The fraction of sp³-hybridized carbons (Fsp3) is 0.524. The fourth-order valence-electron chi connectivity index (χ4n) is 4.34. The number of benzene rings is 1. The number of amides is 1. The summed E-state index contributed by atoms with van der Waals surface area (Å²) in [5.74, 6) is 0.945. The molecule has 0 N–H and O–H groups in total. The molecular weight excluding hydrogens is 310 g/mol. The molecule has 1 saturated carbocycles. The molecule has 132 valence electrons. The van der Waals surface area contributed by atoms with Crippen molar-refractivity contribution >= 4 is 5.91 Å². The summed E-state index contributed by atoms with van der Waals surface area (Å²) in [6.07, 6.45) is 3.18. The highest BCUT2D eigenvalue weighted by atomic mass is 16.2. The van der Waals surface area contributed by atoms with Gasteiger partial charge in [0.05, 0.1) is 11.7 Å². The van der Waals surface area contributed by atoms with E-state index in [2.05, 4.69) is 58.9 Å². The molecule has 0 radical (unpaired) electrons. The number of hydrogen-bond acceptors (Lipinski definition) is 2. The molecule has 2 fully saturated rings. The SMILES string of the molecule is Cc1cccc([C@@H]2C[C@@H]2C(=O)N2CCC[C@H](n3nc(C)cc3C)C2)c1. The lowest BCUT2D eigenvalue weighted by molar-refractivity contribution is -0.134. The van der Waals surface area contributed by atoms with E-state index in [1.165, 1.54) is 16.8 Å². The minimum absolute atomic E-state index is 0.181. The Balaban J connectivity index is 1.43. The van der Waals surface area contributed by atoms with Gasteiger partial charge >= 0.3 is 0 Å². The summed E-state index contributed by atoms with van der Waals surface area (Å²) in [7, 11) is 0. The lowest BCUT2D eigenvalue weighted by Gasteiger charge is -2.33. The molecule has 0 bridgehead atoms. The topological polar surface area (TPSA) is 38.1 Å². The standard InChI is InChI=1S/C21H27N3O/c1-14-6-4-7-17(10-14)19-12-20(19)21(25)23-9-5-8-18(13-23)24-16(3)11-15(2)22-24/h4,6-7,10-11,18-20H,5,8-9,12-13H2,1-3H3/t18-,19-,20-/m0/s1. The molecule has 2 aromatic rings. The summed E-state index contributed by atoms with van der Waals surface area (Å²) in [5.41, 5.74) is 4.85. The Hall–Kier alpha value is -2.10. The van der Waals surface area contributed by atoms with Gasteiger partial charge in [-0.05, 0) is 57.6 Å². The van der Waals surface area contributed by atoms with Crippen molar-refractivity contribution in [2.75, 3.05) is 13.1 Å². The lowest BCUT2D eigenvalue weighted by atomic mass is 10.0. The Bertz CT molecular complexity index is 794. The first-order valence-corrected chi connectivity index (χ1v) is 9.41. The maximum atomic E-state index is 13.0. The first-order valence-electron chi connectivity index (χ1n) is 9.41. The van der Waals surface area contributed by atoms with E-state index in [1.54, 1.807) is 0 Å². The summed E-state index contributed by atoms with van der Waals surface area (Å²) in [6.45, 7) is 7.96. The minimum Gasteiger partial charge on any atom is -0.340 e. The number of nitrogens with zero attached hydrogens (tertiary/aromatic N) is 3. The summed E-state index contributed by atoms with van der Waals surface area (Å²) < 4.78 is 2.12. The predicted molar refractivity (Wildman–Crippen MR) is 98.6 cm³/mol. The normalized spacial score (nSPS) is 25.9. The van der Waals surface area contributed by atoms with E-state index < -0.39 is 0 Å². The van der Waals surface area contributed by atoms with Gasteiger partial charge in [-0.3, -0.25) is 9.48 Å². The van der Waals surface area contributed by atoms with Crippen molar-refractivity contribution < 1.29 is 4.79 Å². The third kappa shape index (κ3) is 3.22. The second kappa shape index (κ2) is 6.32. The monoisotopic (exact) mass is 337 g/mol. The first-order chi connectivity index (χ1) is 12.0. The number of piperidine rings is 1. The molecule has 1 aliphatic carbocycles. The van der Waals surface area contributed by atoms with Crippen LogP contribution in [0.5, 0.6) is 0 Å². The summed E-state index contributed by atoms with van der Waals surface area (Å²) in [5, 5.41) is 4.64. The zero-order valence-corrected chi connectivity index (χ0v) is 15.4. The molecule has 4 nitrogen and oxygen atoms in total. The Kier molecular flexibility index (Phi) is 4.14. The van der Waals surface area contributed by atoms with Crippen molar-refractivity contribution in [1.82, 2.24) is 14.7 Å². The Morgan fingerprint density at radius 1 is 1.20 bits per heavy atom. The van der Waals surface area contributed by atoms with Gasteiger partial charge in [0.2, 0.25) is 5.91 Å². The highest BCUT2D eigenvalue weighted by Crippen LogP contribution is 2.49. The quantitative estimate of drug-likeness (QED) is 0.855. The van der Waals surface area contributed by atoms with Crippen LogP contribution in [0.15, 0.2) is 30.3 Å². The van der Waals surface area contributed by atoms with Crippen LogP contribution in [0.2, 0.25) is 0 Å². The Morgan fingerprint density at radius 2 is 2.04 bits per heavy atom. The molecule has 3 atom stereocenters. The van der Waals surface area contributed by atoms with Crippen molar-refractivity contribution in [2.45, 2.75) is 52.0 Å². The van der Waals surface area contributed by atoms with Crippen LogP contribution in [0, 0.1) is 26.7 Å². The number of carbonyl (C=O) groups is 1. The maximum absolute atomic E-state index is 13.0. The van der Waals surface area contributed by atoms with Gasteiger partial charge in [-0.15, -0.1) is 0 Å². The molecule has 0 spiro atoms. The third-order valence-corrected chi connectivity index (χ3v) is 5.68. The average Bonchev–Trinajstić information content (AvgIpc) is 3.33. The number of rotatable bonds is 3. The summed E-state index contributed by atoms with van der Waals surface area (Å²) in [6, 6.07) is 11.1. The Morgan fingerprint density at radius 3 is 2.76 bits per heavy atom. The second-order valence-electron chi connectivity index (χ2n) is 7.81.